The number of carbonyl (C=O) groups is 2. The van der Waals surface area contributed by atoms with Crippen LogP contribution in [0.5, 0.6) is 5.75 Å². The van der Waals surface area contributed by atoms with Crippen molar-refractivity contribution in [2.75, 3.05) is 0 Å². The Hall–Kier alpha value is -2.24. The molecule has 6 heteroatoms. The second kappa shape index (κ2) is 8.63. The quantitative estimate of drug-likeness (QED) is 0.666. The molecule has 0 bridgehead atoms. The average molecular weight is 376 g/mol. The highest BCUT2D eigenvalue weighted by Gasteiger charge is 2.46. The number of ether oxygens (including phenoxy) is 1. The molecule has 1 saturated carbocycles. The van der Waals surface area contributed by atoms with Gasteiger partial charge in [-0.1, -0.05) is 52.3 Å². The number of rotatable bonds is 6. The van der Waals surface area contributed by atoms with E-state index in [1.807, 2.05) is 18.2 Å². The van der Waals surface area contributed by atoms with Crippen LogP contribution in [0.4, 0.5) is 9.59 Å². The summed E-state index contributed by atoms with van der Waals surface area (Å²) in [7, 11) is 0. The first-order chi connectivity index (χ1) is 12.6. The average Bonchev–Trinajstić information content (AvgIpc) is 2.52. The standard InChI is InChI=1S/C21H32N2O4/c1-5-9-17(23-19(26)27-16-10-7-6-8-11-16)21(4)13-15(22-18(24)25)12-20(2,3)14-21/h6-8,10-11,15,17,22H,5,9,12-14H2,1-4H3,(H,23,26)(H,24,25). The molecule has 0 aromatic heterocycles. The minimum Gasteiger partial charge on any atom is -0.465 e. The van der Waals surface area contributed by atoms with E-state index in [-0.39, 0.29) is 22.9 Å². The fourth-order valence-electron chi connectivity index (χ4n) is 4.73. The molecule has 0 aliphatic heterocycles. The number of hydrogen-bond acceptors (Lipinski definition) is 3. The smallest absolute Gasteiger partial charge is 0.412 e. The van der Waals surface area contributed by atoms with Gasteiger partial charge in [0.1, 0.15) is 5.75 Å². The zero-order valence-electron chi connectivity index (χ0n) is 16.7. The van der Waals surface area contributed by atoms with Crippen molar-refractivity contribution in [2.45, 2.75) is 71.9 Å². The maximum absolute atomic E-state index is 12.5. The van der Waals surface area contributed by atoms with Gasteiger partial charge in [-0.05, 0) is 48.6 Å². The van der Waals surface area contributed by atoms with Crippen LogP contribution in [0.1, 0.15) is 59.8 Å². The molecule has 2 rings (SSSR count). The molecule has 3 unspecified atom stereocenters. The van der Waals surface area contributed by atoms with Gasteiger partial charge in [0.15, 0.2) is 0 Å². The van der Waals surface area contributed by atoms with E-state index in [9.17, 15) is 9.59 Å². The Kier molecular flexibility index (Phi) is 6.73. The van der Waals surface area contributed by atoms with Crippen molar-refractivity contribution < 1.29 is 19.4 Å². The van der Waals surface area contributed by atoms with E-state index in [2.05, 4.69) is 38.3 Å². The Labute approximate surface area is 161 Å². The summed E-state index contributed by atoms with van der Waals surface area (Å²) in [5.74, 6) is 0.504. The number of para-hydroxylation sites is 1. The normalized spacial score (nSPS) is 25.3. The summed E-state index contributed by atoms with van der Waals surface area (Å²) in [6, 6.07) is 8.78. The van der Waals surface area contributed by atoms with E-state index in [0.717, 1.165) is 25.7 Å². The number of benzene rings is 1. The molecule has 1 fully saturated rings. The van der Waals surface area contributed by atoms with Gasteiger partial charge >= 0.3 is 12.2 Å². The lowest BCUT2D eigenvalue weighted by Gasteiger charge is -2.50. The molecule has 1 aliphatic carbocycles. The van der Waals surface area contributed by atoms with Crippen molar-refractivity contribution in [3.8, 4) is 5.75 Å². The fraction of sp³-hybridized carbons (Fsp3) is 0.619. The zero-order chi connectivity index (χ0) is 20.1. The highest BCUT2D eigenvalue weighted by molar-refractivity contribution is 5.70. The van der Waals surface area contributed by atoms with E-state index >= 15 is 0 Å². The van der Waals surface area contributed by atoms with Crippen molar-refractivity contribution in [1.82, 2.24) is 10.6 Å². The molecule has 2 amide bonds. The summed E-state index contributed by atoms with van der Waals surface area (Å²) in [6.45, 7) is 8.55. The predicted octanol–water partition coefficient (Wildman–Crippen LogP) is 4.80. The van der Waals surface area contributed by atoms with Crippen LogP contribution in [-0.2, 0) is 0 Å². The Bertz CT molecular complexity index is 647. The van der Waals surface area contributed by atoms with Crippen molar-refractivity contribution >= 4 is 12.2 Å². The molecule has 150 valence electrons. The maximum Gasteiger partial charge on any atom is 0.412 e. The Morgan fingerprint density at radius 1 is 1.22 bits per heavy atom. The highest BCUT2D eigenvalue weighted by Crippen LogP contribution is 2.48. The number of carbonyl (C=O) groups excluding carboxylic acids is 1. The third-order valence-electron chi connectivity index (χ3n) is 5.39. The summed E-state index contributed by atoms with van der Waals surface area (Å²) in [5, 5.41) is 14.9. The van der Waals surface area contributed by atoms with Crippen LogP contribution in [0.2, 0.25) is 0 Å². The van der Waals surface area contributed by atoms with Gasteiger partial charge in [0, 0.05) is 12.1 Å². The second-order valence-corrected chi connectivity index (χ2v) is 8.74. The summed E-state index contributed by atoms with van der Waals surface area (Å²) >= 11 is 0. The third-order valence-corrected chi connectivity index (χ3v) is 5.39. The minimum atomic E-state index is -0.997. The third kappa shape index (κ3) is 6.15. The topological polar surface area (TPSA) is 87.7 Å². The van der Waals surface area contributed by atoms with E-state index < -0.39 is 12.2 Å². The lowest BCUT2D eigenvalue weighted by atomic mass is 9.59. The summed E-state index contributed by atoms with van der Waals surface area (Å²) in [5.41, 5.74) is -0.238. The van der Waals surface area contributed by atoms with E-state index in [1.165, 1.54) is 0 Å². The Morgan fingerprint density at radius 3 is 2.48 bits per heavy atom. The number of nitrogens with one attached hydrogen (secondary N) is 2. The molecule has 0 spiro atoms. The van der Waals surface area contributed by atoms with Gasteiger partial charge in [-0.25, -0.2) is 9.59 Å². The van der Waals surface area contributed by atoms with Gasteiger partial charge in [-0.15, -0.1) is 0 Å². The predicted molar refractivity (Wildman–Crippen MR) is 105 cm³/mol. The molecule has 6 nitrogen and oxygen atoms in total. The number of hydrogen-bond donors (Lipinski definition) is 3. The van der Waals surface area contributed by atoms with E-state index in [0.29, 0.717) is 12.2 Å². The first-order valence-electron chi connectivity index (χ1n) is 9.66. The Morgan fingerprint density at radius 2 is 1.89 bits per heavy atom. The van der Waals surface area contributed by atoms with Gasteiger partial charge in [-0.2, -0.15) is 0 Å². The summed E-state index contributed by atoms with van der Waals surface area (Å²) in [6.07, 6.45) is 2.67. The maximum atomic E-state index is 12.5. The Balaban J connectivity index is 2.14. The van der Waals surface area contributed by atoms with E-state index in [1.54, 1.807) is 12.1 Å². The van der Waals surface area contributed by atoms with Gasteiger partial charge in [-0.3, -0.25) is 0 Å². The second-order valence-electron chi connectivity index (χ2n) is 8.74. The van der Waals surface area contributed by atoms with Crippen LogP contribution in [0.15, 0.2) is 30.3 Å². The van der Waals surface area contributed by atoms with Crippen molar-refractivity contribution in [3.63, 3.8) is 0 Å². The van der Waals surface area contributed by atoms with Crippen LogP contribution >= 0.6 is 0 Å². The van der Waals surface area contributed by atoms with Crippen LogP contribution in [0.3, 0.4) is 0 Å². The molecule has 1 aliphatic rings. The largest absolute Gasteiger partial charge is 0.465 e. The molecular formula is C21H32N2O4. The van der Waals surface area contributed by atoms with Crippen LogP contribution < -0.4 is 15.4 Å². The van der Waals surface area contributed by atoms with Gasteiger partial charge in [0.05, 0.1) is 0 Å². The lowest BCUT2D eigenvalue weighted by Crippen LogP contribution is -2.55. The van der Waals surface area contributed by atoms with E-state index in [4.69, 9.17) is 9.84 Å². The van der Waals surface area contributed by atoms with Crippen LogP contribution in [0.25, 0.3) is 0 Å². The number of carboxylic acid groups (broad SMARTS) is 1. The van der Waals surface area contributed by atoms with Gasteiger partial charge in [0.2, 0.25) is 0 Å². The van der Waals surface area contributed by atoms with Crippen molar-refractivity contribution in [1.29, 1.82) is 0 Å². The molecule has 0 heterocycles. The fourth-order valence-corrected chi connectivity index (χ4v) is 4.73. The number of amides is 2. The molecule has 1 aromatic rings. The molecule has 27 heavy (non-hydrogen) atoms. The van der Waals surface area contributed by atoms with Crippen molar-refractivity contribution in [2.24, 2.45) is 10.8 Å². The first kappa shape index (κ1) is 21.1. The zero-order valence-corrected chi connectivity index (χ0v) is 16.7. The van der Waals surface area contributed by atoms with Crippen LogP contribution in [0, 0.1) is 10.8 Å². The molecule has 3 atom stereocenters. The van der Waals surface area contributed by atoms with Gasteiger partial charge < -0.3 is 20.5 Å². The highest BCUT2D eigenvalue weighted by atomic mass is 16.6. The molecule has 3 N–H and O–H groups in total. The lowest BCUT2D eigenvalue weighted by molar-refractivity contribution is 0.0367. The summed E-state index contributed by atoms with van der Waals surface area (Å²) in [4.78, 5) is 23.6. The SMILES string of the molecule is CCCC(NC(=O)Oc1ccccc1)C1(C)CC(NC(=O)O)CC(C)(C)C1. The van der Waals surface area contributed by atoms with Crippen molar-refractivity contribution in [3.05, 3.63) is 30.3 Å². The molecule has 1 aromatic carbocycles. The molecule has 0 saturated heterocycles. The molecule has 0 radical (unpaired) electrons. The first-order valence-corrected chi connectivity index (χ1v) is 9.66. The van der Waals surface area contributed by atoms with Gasteiger partial charge in [0.25, 0.3) is 0 Å². The summed E-state index contributed by atoms with van der Waals surface area (Å²) < 4.78 is 5.41. The monoisotopic (exact) mass is 376 g/mol. The van der Waals surface area contributed by atoms with Crippen LogP contribution in [-0.4, -0.2) is 29.4 Å². The molecular weight excluding hydrogens is 344 g/mol. The minimum absolute atomic E-state index is 0.0167.